The summed E-state index contributed by atoms with van der Waals surface area (Å²) in [6, 6.07) is 0. The Morgan fingerprint density at radius 2 is 1.15 bits per heavy atom. The molecular weight excluding hydrogens is 430 g/mol. The minimum Gasteiger partial charge on any atom is -0.384 e. The van der Waals surface area contributed by atoms with Crippen LogP contribution in [0.3, 0.4) is 0 Å². The summed E-state index contributed by atoms with van der Waals surface area (Å²) in [5.41, 5.74) is 0. The molecule has 0 aromatic heterocycles. The first-order valence-electron chi connectivity index (χ1n) is 14.1. The number of thioether (sulfide) groups is 1. The maximum Gasteiger partial charge on any atom is 0.219 e. The molecule has 5 heteroatoms. The van der Waals surface area contributed by atoms with Crippen molar-refractivity contribution in [3.05, 3.63) is 0 Å². The van der Waals surface area contributed by atoms with Crippen LogP contribution in [-0.2, 0) is 14.3 Å². The highest BCUT2D eigenvalue weighted by molar-refractivity contribution is 7.99. The Labute approximate surface area is 210 Å². The Kier molecular flexibility index (Phi) is 27.2. The highest BCUT2D eigenvalue weighted by atomic mass is 32.2. The van der Waals surface area contributed by atoms with Gasteiger partial charge in [-0.15, -0.1) is 0 Å². The molecule has 0 aliphatic rings. The molecule has 0 aliphatic heterocycles. The molecule has 0 atom stereocenters. The van der Waals surface area contributed by atoms with Crippen molar-refractivity contribution in [2.45, 2.75) is 135 Å². The predicted molar refractivity (Wildman–Crippen MR) is 145 cm³/mol. The minimum atomic E-state index is 0.195. The maximum atomic E-state index is 11.9. The van der Waals surface area contributed by atoms with Gasteiger partial charge in [-0.3, -0.25) is 9.59 Å². The van der Waals surface area contributed by atoms with Crippen molar-refractivity contribution < 1.29 is 14.3 Å². The molecular formula is C28H55NO3S. The first-order chi connectivity index (χ1) is 16.2. The summed E-state index contributed by atoms with van der Waals surface area (Å²) in [6.07, 6.45) is 22.6. The number of ether oxygens (including phenoxy) is 1. The van der Waals surface area contributed by atoms with Gasteiger partial charge >= 0.3 is 0 Å². The van der Waals surface area contributed by atoms with E-state index in [4.69, 9.17) is 4.74 Å². The number of methoxy groups -OCH3 is 1. The van der Waals surface area contributed by atoms with E-state index in [1.54, 1.807) is 7.11 Å². The van der Waals surface area contributed by atoms with Crippen LogP contribution in [0.2, 0.25) is 0 Å². The zero-order valence-electron chi connectivity index (χ0n) is 22.1. The maximum absolute atomic E-state index is 11.9. The summed E-state index contributed by atoms with van der Waals surface area (Å²) in [5.74, 6) is 2.99. The lowest BCUT2D eigenvalue weighted by molar-refractivity contribution is -0.121. The Hall–Kier alpha value is -0.550. The third-order valence-corrected chi connectivity index (χ3v) is 7.17. The van der Waals surface area contributed by atoms with Crippen LogP contribution >= 0.6 is 11.8 Å². The number of hydrogen-bond donors (Lipinski definition) is 1. The fraction of sp³-hybridized carbons (Fsp3) is 0.929. The van der Waals surface area contributed by atoms with Crippen LogP contribution in [0.5, 0.6) is 0 Å². The predicted octanol–water partition coefficient (Wildman–Crippen LogP) is 7.87. The number of ketones is 1. The van der Waals surface area contributed by atoms with Crippen LogP contribution in [0.25, 0.3) is 0 Å². The van der Waals surface area contributed by atoms with Crippen molar-refractivity contribution in [3.63, 3.8) is 0 Å². The molecule has 0 heterocycles. The normalized spacial score (nSPS) is 11.1. The van der Waals surface area contributed by atoms with Gasteiger partial charge in [0.2, 0.25) is 5.91 Å². The zero-order valence-corrected chi connectivity index (χ0v) is 22.9. The number of Topliss-reactive ketones (excluding diaryl/α,β-unsaturated/α-hetero) is 1. The Morgan fingerprint density at radius 1 is 0.636 bits per heavy atom. The molecule has 0 radical (unpaired) electrons. The monoisotopic (exact) mass is 485 g/mol. The molecule has 0 bridgehead atoms. The quantitative estimate of drug-likeness (QED) is 0.120. The first-order valence-corrected chi connectivity index (χ1v) is 15.2. The number of unbranched alkanes of at least 4 members (excludes halogenated alkanes) is 14. The molecule has 0 aliphatic carbocycles. The lowest BCUT2D eigenvalue weighted by Crippen LogP contribution is -2.23. The molecule has 0 rings (SSSR count). The second-order valence-electron chi connectivity index (χ2n) is 9.40. The summed E-state index contributed by atoms with van der Waals surface area (Å²) in [7, 11) is 1.76. The van der Waals surface area contributed by atoms with E-state index in [2.05, 4.69) is 12.2 Å². The molecule has 0 spiro atoms. The standard InChI is InChI=1S/C28H55NO3S/c1-3-4-5-6-11-15-20-27(30)21-16-14-18-23-29-28(31)22-17-12-9-7-8-10-13-19-25-33-26-24-32-2/h3-26H2,1-2H3,(H,29,31). The molecule has 0 saturated carbocycles. The Bertz CT molecular complexity index is 431. The lowest BCUT2D eigenvalue weighted by atomic mass is 10.0. The average Bonchev–Trinajstić information content (AvgIpc) is 2.81. The SMILES string of the molecule is CCCCCCCCC(=O)CCCCCNC(=O)CCCCCCCCCCSCCOC. The van der Waals surface area contributed by atoms with Crippen molar-refractivity contribution in [2.24, 2.45) is 0 Å². The van der Waals surface area contributed by atoms with E-state index in [0.717, 1.165) is 63.9 Å². The number of rotatable bonds is 27. The van der Waals surface area contributed by atoms with Crippen molar-refractivity contribution in [2.75, 3.05) is 31.8 Å². The number of carbonyl (C=O) groups excluding carboxylic acids is 2. The van der Waals surface area contributed by atoms with Crippen molar-refractivity contribution in [1.82, 2.24) is 5.32 Å². The number of hydrogen-bond acceptors (Lipinski definition) is 4. The van der Waals surface area contributed by atoms with Crippen LogP contribution < -0.4 is 5.32 Å². The topological polar surface area (TPSA) is 55.4 Å². The van der Waals surface area contributed by atoms with Crippen molar-refractivity contribution >= 4 is 23.5 Å². The molecule has 0 saturated heterocycles. The highest BCUT2D eigenvalue weighted by Gasteiger charge is 2.03. The molecule has 196 valence electrons. The third kappa shape index (κ3) is 27.6. The van der Waals surface area contributed by atoms with Crippen LogP contribution in [0.1, 0.15) is 135 Å². The van der Waals surface area contributed by atoms with Gasteiger partial charge in [0.05, 0.1) is 6.61 Å². The molecule has 33 heavy (non-hydrogen) atoms. The van der Waals surface area contributed by atoms with Gasteiger partial charge in [-0.05, 0) is 37.9 Å². The van der Waals surface area contributed by atoms with Gasteiger partial charge in [-0.1, -0.05) is 84.0 Å². The van der Waals surface area contributed by atoms with Gasteiger partial charge < -0.3 is 10.1 Å². The fourth-order valence-electron chi connectivity index (χ4n) is 3.96. The van der Waals surface area contributed by atoms with E-state index in [0.29, 0.717) is 12.2 Å². The van der Waals surface area contributed by atoms with Crippen molar-refractivity contribution in [3.8, 4) is 0 Å². The van der Waals surface area contributed by atoms with Crippen LogP contribution in [0.15, 0.2) is 0 Å². The first kappa shape index (κ1) is 32.5. The molecule has 0 fully saturated rings. The summed E-state index contributed by atoms with van der Waals surface area (Å²) < 4.78 is 5.05. The fourth-order valence-corrected chi connectivity index (χ4v) is 4.86. The summed E-state index contributed by atoms with van der Waals surface area (Å²) in [6.45, 7) is 3.85. The number of amides is 1. The van der Waals surface area contributed by atoms with E-state index in [1.807, 2.05) is 11.8 Å². The van der Waals surface area contributed by atoms with Crippen molar-refractivity contribution in [1.29, 1.82) is 0 Å². The van der Waals surface area contributed by atoms with E-state index in [9.17, 15) is 9.59 Å². The van der Waals surface area contributed by atoms with Gasteiger partial charge in [0.25, 0.3) is 0 Å². The van der Waals surface area contributed by atoms with E-state index in [1.165, 1.54) is 82.8 Å². The largest absolute Gasteiger partial charge is 0.384 e. The van der Waals surface area contributed by atoms with E-state index >= 15 is 0 Å². The molecule has 0 unspecified atom stereocenters. The third-order valence-electron chi connectivity index (χ3n) is 6.14. The summed E-state index contributed by atoms with van der Waals surface area (Å²) >= 11 is 1.99. The van der Waals surface area contributed by atoms with Gasteiger partial charge in [0.15, 0.2) is 0 Å². The molecule has 4 nitrogen and oxygen atoms in total. The molecule has 0 aromatic rings. The van der Waals surface area contributed by atoms with E-state index in [-0.39, 0.29) is 5.91 Å². The Morgan fingerprint density at radius 3 is 1.76 bits per heavy atom. The van der Waals surface area contributed by atoms with Gasteiger partial charge in [-0.25, -0.2) is 0 Å². The number of nitrogens with one attached hydrogen (secondary N) is 1. The van der Waals surface area contributed by atoms with Gasteiger partial charge in [0.1, 0.15) is 5.78 Å². The van der Waals surface area contributed by atoms with Gasteiger partial charge in [0, 0.05) is 38.7 Å². The Balaban J connectivity index is 3.25. The molecule has 0 aromatic carbocycles. The second kappa shape index (κ2) is 27.7. The van der Waals surface area contributed by atoms with Crippen LogP contribution in [0, 0.1) is 0 Å². The smallest absolute Gasteiger partial charge is 0.219 e. The lowest BCUT2D eigenvalue weighted by Gasteiger charge is -2.06. The minimum absolute atomic E-state index is 0.195. The van der Waals surface area contributed by atoms with Gasteiger partial charge in [-0.2, -0.15) is 11.8 Å². The molecule has 1 amide bonds. The second-order valence-corrected chi connectivity index (χ2v) is 10.6. The summed E-state index contributed by atoms with van der Waals surface area (Å²) in [4.78, 5) is 23.8. The summed E-state index contributed by atoms with van der Waals surface area (Å²) in [5, 5.41) is 3.04. The van der Waals surface area contributed by atoms with Crippen LogP contribution in [0.4, 0.5) is 0 Å². The zero-order chi connectivity index (χ0) is 24.2. The number of carbonyl (C=O) groups is 2. The van der Waals surface area contributed by atoms with E-state index < -0.39 is 0 Å². The average molecular weight is 486 g/mol. The molecule has 1 N–H and O–H groups in total. The van der Waals surface area contributed by atoms with Crippen LogP contribution in [-0.4, -0.2) is 43.5 Å². The highest BCUT2D eigenvalue weighted by Crippen LogP contribution is 2.12.